The fourth-order valence-corrected chi connectivity index (χ4v) is 1.96. The Morgan fingerprint density at radius 1 is 1.53 bits per heavy atom. The van der Waals surface area contributed by atoms with Gasteiger partial charge in [0.05, 0.1) is 4.92 Å². The summed E-state index contributed by atoms with van der Waals surface area (Å²) in [6, 6.07) is 0. The Balaban J connectivity index is 3.13. The van der Waals surface area contributed by atoms with Crippen molar-refractivity contribution in [3.8, 4) is 0 Å². The van der Waals surface area contributed by atoms with E-state index in [9.17, 15) is 10.1 Å². The van der Waals surface area contributed by atoms with E-state index in [2.05, 4.69) is 9.97 Å². The lowest BCUT2D eigenvalue weighted by atomic mass is 10.3. The van der Waals surface area contributed by atoms with Crippen LogP contribution in [-0.2, 0) is 0 Å². The minimum absolute atomic E-state index is 0.0207. The van der Waals surface area contributed by atoms with Crippen LogP contribution >= 0.6 is 23.4 Å². The molecule has 1 aromatic rings. The van der Waals surface area contributed by atoms with Crippen molar-refractivity contribution in [2.24, 2.45) is 0 Å². The molecule has 1 rings (SSSR count). The third kappa shape index (κ3) is 3.64. The lowest BCUT2D eigenvalue weighted by Crippen LogP contribution is -2.09. The molecule has 0 aliphatic carbocycles. The summed E-state index contributed by atoms with van der Waals surface area (Å²) in [6.07, 6.45) is 1.13. The first-order valence-electron chi connectivity index (χ1n) is 4.15. The van der Waals surface area contributed by atoms with Gasteiger partial charge < -0.3 is 0 Å². The van der Waals surface area contributed by atoms with Crippen molar-refractivity contribution in [2.75, 3.05) is 0 Å². The number of hydrogen-bond donors (Lipinski definition) is 0. The van der Waals surface area contributed by atoms with Crippen molar-refractivity contribution in [1.82, 2.24) is 9.97 Å². The number of nitrogens with zero attached hydrogens (tertiary/aromatic N) is 3. The molecule has 0 bridgehead atoms. The van der Waals surface area contributed by atoms with E-state index < -0.39 is 4.92 Å². The Labute approximate surface area is 96.4 Å². The lowest BCUT2D eigenvalue weighted by Gasteiger charge is -2.16. The highest BCUT2D eigenvalue weighted by Gasteiger charge is 2.23. The molecule has 15 heavy (non-hydrogen) atoms. The standard InChI is InChI=1S/C8H10ClN3O2S/c1-8(2,3)15-6-5(12(13)14)4-10-7(9)11-6/h4H,1-3H3. The van der Waals surface area contributed by atoms with Crippen LogP contribution < -0.4 is 0 Å². The predicted octanol–water partition coefficient (Wildman–Crippen LogP) is 2.93. The Bertz CT molecular complexity index is 392. The molecular formula is C8H10ClN3O2S. The van der Waals surface area contributed by atoms with Crippen LogP contribution in [0.25, 0.3) is 0 Å². The van der Waals surface area contributed by atoms with Crippen LogP contribution in [-0.4, -0.2) is 19.6 Å². The van der Waals surface area contributed by atoms with Gasteiger partial charge >= 0.3 is 5.69 Å². The maximum atomic E-state index is 10.7. The molecule has 0 saturated carbocycles. The molecule has 1 heterocycles. The summed E-state index contributed by atoms with van der Waals surface area (Å²) in [5.41, 5.74) is -0.112. The third-order valence-electron chi connectivity index (χ3n) is 1.31. The molecule has 0 spiro atoms. The van der Waals surface area contributed by atoms with Gasteiger partial charge in [-0.3, -0.25) is 10.1 Å². The van der Waals surface area contributed by atoms with Crippen LogP contribution in [0.2, 0.25) is 5.28 Å². The fraction of sp³-hybridized carbons (Fsp3) is 0.500. The van der Waals surface area contributed by atoms with E-state index >= 15 is 0 Å². The average molecular weight is 248 g/mol. The van der Waals surface area contributed by atoms with E-state index in [1.54, 1.807) is 0 Å². The first kappa shape index (κ1) is 12.2. The normalized spacial score (nSPS) is 11.5. The molecule has 0 aliphatic heterocycles. The Morgan fingerprint density at radius 3 is 2.60 bits per heavy atom. The SMILES string of the molecule is CC(C)(C)Sc1nc(Cl)ncc1[N+](=O)[O-]. The van der Waals surface area contributed by atoms with Crippen LogP contribution in [0, 0.1) is 10.1 Å². The molecule has 0 saturated heterocycles. The Hall–Kier alpha value is -0.880. The monoisotopic (exact) mass is 247 g/mol. The second kappa shape index (κ2) is 4.32. The summed E-state index contributed by atoms with van der Waals surface area (Å²) >= 11 is 6.88. The van der Waals surface area contributed by atoms with Crippen molar-refractivity contribution in [3.63, 3.8) is 0 Å². The molecule has 0 amide bonds. The van der Waals surface area contributed by atoms with Gasteiger partial charge in [-0.25, -0.2) is 9.97 Å². The van der Waals surface area contributed by atoms with Crippen LogP contribution in [0.1, 0.15) is 20.8 Å². The van der Waals surface area contributed by atoms with Gasteiger partial charge in [-0.2, -0.15) is 0 Å². The minimum Gasteiger partial charge on any atom is -0.258 e. The second-order valence-corrected chi connectivity index (χ2v) is 5.95. The van der Waals surface area contributed by atoms with Gasteiger partial charge in [-0.15, -0.1) is 0 Å². The lowest BCUT2D eigenvalue weighted by molar-refractivity contribution is -0.388. The fourth-order valence-electron chi connectivity index (χ4n) is 0.830. The number of halogens is 1. The number of nitro groups is 1. The molecule has 1 aromatic heterocycles. The smallest absolute Gasteiger partial charge is 0.258 e. The average Bonchev–Trinajstić information content (AvgIpc) is 1.99. The summed E-state index contributed by atoms with van der Waals surface area (Å²) in [5, 5.41) is 11.0. The van der Waals surface area contributed by atoms with Crippen molar-refractivity contribution < 1.29 is 4.92 Å². The molecule has 0 atom stereocenters. The molecule has 0 N–H and O–H groups in total. The quantitative estimate of drug-likeness (QED) is 0.264. The van der Waals surface area contributed by atoms with Crippen LogP contribution in [0.5, 0.6) is 0 Å². The second-order valence-electron chi connectivity index (χ2n) is 3.80. The Kier molecular flexibility index (Phi) is 3.51. The highest BCUT2D eigenvalue weighted by Crippen LogP contribution is 2.36. The van der Waals surface area contributed by atoms with E-state index in [4.69, 9.17) is 11.6 Å². The molecule has 7 heteroatoms. The summed E-state index contributed by atoms with van der Waals surface area (Å²) in [6.45, 7) is 5.83. The van der Waals surface area contributed by atoms with E-state index in [0.717, 1.165) is 6.20 Å². The molecule has 0 aliphatic rings. The summed E-state index contributed by atoms with van der Waals surface area (Å²) in [7, 11) is 0. The molecular weight excluding hydrogens is 238 g/mol. The zero-order valence-corrected chi connectivity index (χ0v) is 10.1. The van der Waals surface area contributed by atoms with Gasteiger partial charge in [0.15, 0.2) is 5.03 Å². The summed E-state index contributed by atoms with van der Waals surface area (Å²) < 4.78 is -0.164. The Morgan fingerprint density at radius 2 is 2.13 bits per heavy atom. The number of hydrogen-bond acceptors (Lipinski definition) is 5. The van der Waals surface area contributed by atoms with Gasteiger partial charge in [0, 0.05) is 4.75 Å². The molecule has 0 fully saturated rings. The molecule has 0 radical (unpaired) electrons. The third-order valence-corrected chi connectivity index (χ3v) is 2.59. The van der Waals surface area contributed by atoms with E-state index in [1.807, 2.05) is 20.8 Å². The van der Waals surface area contributed by atoms with Gasteiger partial charge in [0.25, 0.3) is 0 Å². The number of thioether (sulfide) groups is 1. The van der Waals surface area contributed by atoms with E-state index in [1.165, 1.54) is 11.8 Å². The van der Waals surface area contributed by atoms with Crippen LogP contribution in [0.3, 0.4) is 0 Å². The minimum atomic E-state index is -0.510. The molecule has 5 nitrogen and oxygen atoms in total. The summed E-state index contributed by atoms with van der Waals surface area (Å²) in [5.74, 6) is 0. The van der Waals surface area contributed by atoms with Crippen LogP contribution in [0.15, 0.2) is 11.2 Å². The molecule has 0 aromatic carbocycles. The van der Waals surface area contributed by atoms with Crippen molar-refractivity contribution >= 4 is 29.1 Å². The van der Waals surface area contributed by atoms with E-state index in [0.29, 0.717) is 5.03 Å². The number of aromatic nitrogens is 2. The van der Waals surface area contributed by atoms with E-state index in [-0.39, 0.29) is 15.7 Å². The summed E-state index contributed by atoms with van der Waals surface area (Å²) in [4.78, 5) is 17.6. The largest absolute Gasteiger partial charge is 0.319 e. The molecule has 82 valence electrons. The molecule has 0 unspecified atom stereocenters. The van der Waals surface area contributed by atoms with Gasteiger partial charge in [0.2, 0.25) is 5.28 Å². The maximum absolute atomic E-state index is 10.7. The van der Waals surface area contributed by atoms with Gasteiger partial charge in [-0.1, -0.05) is 32.5 Å². The van der Waals surface area contributed by atoms with Crippen molar-refractivity contribution in [1.29, 1.82) is 0 Å². The first-order valence-corrected chi connectivity index (χ1v) is 5.35. The number of rotatable bonds is 2. The zero-order valence-electron chi connectivity index (χ0n) is 8.52. The zero-order chi connectivity index (χ0) is 11.6. The maximum Gasteiger partial charge on any atom is 0.319 e. The van der Waals surface area contributed by atoms with Gasteiger partial charge in [-0.05, 0) is 11.6 Å². The van der Waals surface area contributed by atoms with Gasteiger partial charge in [0.1, 0.15) is 6.20 Å². The van der Waals surface area contributed by atoms with Crippen LogP contribution in [0.4, 0.5) is 5.69 Å². The highest BCUT2D eigenvalue weighted by atomic mass is 35.5. The first-order chi connectivity index (χ1) is 6.79. The highest BCUT2D eigenvalue weighted by molar-refractivity contribution is 8.00. The van der Waals surface area contributed by atoms with Crippen molar-refractivity contribution in [3.05, 3.63) is 21.6 Å². The predicted molar refractivity (Wildman–Crippen MR) is 59.3 cm³/mol. The van der Waals surface area contributed by atoms with Crippen molar-refractivity contribution in [2.45, 2.75) is 30.5 Å². The topological polar surface area (TPSA) is 68.9 Å².